The molecular formula is C13H17NO2. The minimum atomic E-state index is -0.387. The van der Waals surface area contributed by atoms with E-state index in [1.165, 1.54) is 0 Å². The fraction of sp³-hybridized carbons (Fsp3) is 0.462. The average Bonchev–Trinajstić information content (AvgIpc) is 2.38. The molecule has 0 amide bonds. The standard InChI is InChI=1S/C13H17NO2/c15-13(11-4-3-9-16-10-11)7-6-12-5-1-2-8-14-12/h1-2,5,8,10,13,15H,3-4,6-7,9H2. The number of aliphatic hydroxyl groups is 1. The van der Waals surface area contributed by atoms with Crippen molar-refractivity contribution < 1.29 is 9.84 Å². The van der Waals surface area contributed by atoms with Gasteiger partial charge in [0.15, 0.2) is 0 Å². The number of hydrogen-bond donors (Lipinski definition) is 1. The van der Waals surface area contributed by atoms with Crippen LogP contribution in [0.4, 0.5) is 0 Å². The van der Waals surface area contributed by atoms with E-state index >= 15 is 0 Å². The third-order valence-corrected chi connectivity index (χ3v) is 2.79. The minimum absolute atomic E-state index is 0.387. The van der Waals surface area contributed by atoms with E-state index < -0.39 is 0 Å². The van der Waals surface area contributed by atoms with Crippen molar-refractivity contribution in [2.45, 2.75) is 31.8 Å². The molecule has 1 aliphatic rings. The number of aliphatic hydroxyl groups excluding tert-OH is 1. The monoisotopic (exact) mass is 219 g/mol. The molecule has 0 aliphatic carbocycles. The van der Waals surface area contributed by atoms with E-state index in [-0.39, 0.29) is 6.10 Å². The summed E-state index contributed by atoms with van der Waals surface area (Å²) in [6, 6.07) is 5.85. The predicted octanol–water partition coefficient (Wildman–Crippen LogP) is 2.07. The predicted molar refractivity (Wildman–Crippen MR) is 61.8 cm³/mol. The maximum atomic E-state index is 9.96. The van der Waals surface area contributed by atoms with Gasteiger partial charge in [0.2, 0.25) is 0 Å². The van der Waals surface area contributed by atoms with Crippen LogP contribution in [-0.2, 0) is 11.2 Å². The molecule has 1 N–H and O–H groups in total. The maximum Gasteiger partial charge on any atom is 0.0876 e. The number of aromatic nitrogens is 1. The highest BCUT2D eigenvalue weighted by Gasteiger charge is 2.14. The lowest BCUT2D eigenvalue weighted by Crippen LogP contribution is -2.15. The normalized spacial score (nSPS) is 17.4. The fourth-order valence-electron chi connectivity index (χ4n) is 1.85. The fourth-order valence-corrected chi connectivity index (χ4v) is 1.85. The van der Waals surface area contributed by atoms with E-state index in [1.807, 2.05) is 18.2 Å². The molecule has 0 spiro atoms. The molecule has 0 saturated heterocycles. The number of rotatable bonds is 4. The summed E-state index contributed by atoms with van der Waals surface area (Å²) in [5.74, 6) is 0. The molecule has 0 radical (unpaired) electrons. The first-order valence-corrected chi connectivity index (χ1v) is 5.75. The van der Waals surface area contributed by atoms with Crippen LogP contribution in [0.15, 0.2) is 36.2 Å². The van der Waals surface area contributed by atoms with Crippen molar-refractivity contribution in [3.63, 3.8) is 0 Å². The van der Waals surface area contributed by atoms with Gasteiger partial charge in [0.25, 0.3) is 0 Å². The zero-order chi connectivity index (χ0) is 11.2. The number of aryl methyl sites for hydroxylation is 1. The lowest BCUT2D eigenvalue weighted by Gasteiger charge is -2.18. The Morgan fingerprint density at radius 3 is 3.06 bits per heavy atom. The van der Waals surface area contributed by atoms with E-state index in [0.29, 0.717) is 6.42 Å². The van der Waals surface area contributed by atoms with Crippen LogP contribution in [0.5, 0.6) is 0 Å². The van der Waals surface area contributed by atoms with Gasteiger partial charge in [-0.05, 0) is 43.4 Å². The quantitative estimate of drug-likeness (QED) is 0.843. The van der Waals surface area contributed by atoms with Crippen molar-refractivity contribution in [1.82, 2.24) is 4.98 Å². The third-order valence-electron chi connectivity index (χ3n) is 2.79. The van der Waals surface area contributed by atoms with Crippen molar-refractivity contribution in [1.29, 1.82) is 0 Å². The van der Waals surface area contributed by atoms with E-state index in [9.17, 15) is 5.11 Å². The third kappa shape index (κ3) is 3.07. The summed E-state index contributed by atoms with van der Waals surface area (Å²) in [4.78, 5) is 4.23. The molecule has 2 rings (SSSR count). The topological polar surface area (TPSA) is 42.4 Å². The molecule has 2 heterocycles. The Hall–Kier alpha value is -1.35. The second kappa shape index (κ2) is 5.66. The molecule has 0 bridgehead atoms. The van der Waals surface area contributed by atoms with E-state index in [2.05, 4.69) is 4.98 Å². The molecule has 0 fully saturated rings. The molecular weight excluding hydrogens is 202 g/mol. The van der Waals surface area contributed by atoms with E-state index in [1.54, 1.807) is 12.5 Å². The zero-order valence-electron chi connectivity index (χ0n) is 9.30. The molecule has 1 atom stereocenters. The van der Waals surface area contributed by atoms with Gasteiger partial charge in [-0.15, -0.1) is 0 Å². The highest BCUT2D eigenvalue weighted by Crippen LogP contribution is 2.18. The Kier molecular flexibility index (Phi) is 3.94. The van der Waals surface area contributed by atoms with Crippen LogP contribution in [-0.4, -0.2) is 22.8 Å². The summed E-state index contributed by atoms with van der Waals surface area (Å²) in [5.41, 5.74) is 2.04. The van der Waals surface area contributed by atoms with Crippen molar-refractivity contribution in [3.8, 4) is 0 Å². The van der Waals surface area contributed by atoms with Crippen LogP contribution in [0.1, 0.15) is 25.0 Å². The van der Waals surface area contributed by atoms with Crippen molar-refractivity contribution in [3.05, 3.63) is 41.9 Å². The molecule has 1 aromatic rings. The van der Waals surface area contributed by atoms with Gasteiger partial charge in [0.05, 0.1) is 19.0 Å². The van der Waals surface area contributed by atoms with E-state index in [4.69, 9.17) is 4.74 Å². The molecule has 0 aromatic carbocycles. The Morgan fingerprint density at radius 2 is 2.38 bits per heavy atom. The first-order valence-electron chi connectivity index (χ1n) is 5.75. The highest BCUT2D eigenvalue weighted by atomic mass is 16.5. The molecule has 3 heteroatoms. The first-order chi connectivity index (χ1) is 7.86. The molecule has 16 heavy (non-hydrogen) atoms. The smallest absolute Gasteiger partial charge is 0.0876 e. The van der Waals surface area contributed by atoms with Crippen molar-refractivity contribution in [2.75, 3.05) is 6.61 Å². The maximum absolute atomic E-state index is 9.96. The summed E-state index contributed by atoms with van der Waals surface area (Å²) >= 11 is 0. The van der Waals surface area contributed by atoms with Crippen LogP contribution in [0.2, 0.25) is 0 Å². The number of hydrogen-bond acceptors (Lipinski definition) is 3. The Labute approximate surface area is 95.8 Å². The molecule has 86 valence electrons. The lowest BCUT2D eigenvalue weighted by atomic mass is 10.00. The SMILES string of the molecule is OC(CCc1ccccn1)C1=COCCC1. The van der Waals surface area contributed by atoms with Crippen LogP contribution < -0.4 is 0 Å². The number of pyridine rings is 1. The minimum Gasteiger partial charge on any atom is -0.501 e. The largest absolute Gasteiger partial charge is 0.501 e. The van der Waals surface area contributed by atoms with Gasteiger partial charge in [-0.25, -0.2) is 0 Å². The van der Waals surface area contributed by atoms with Gasteiger partial charge in [-0.1, -0.05) is 6.07 Å². The van der Waals surface area contributed by atoms with Gasteiger partial charge in [0, 0.05) is 11.9 Å². The average molecular weight is 219 g/mol. The van der Waals surface area contributed by atoms with Crippen LogP contribution in [0.3, 0.4) is 0 Å². The number of nitrogens with zero attached hydrogens (tertiary/aromatic N) is 1. The summed E-state index contributed by atoms with van der Waals surface area (Å²) in [6.45, 7) is 0.774. The molecule has 1 aliphatic heterocycles. The summed E-state index contributed by atoms with van der Waals surface area (Å²) in [5, 5.41) is 9.96. The molecule has 3 nitrogen and oxygen atoms in total. The summed E-state index contributed by atoms with van der Waals surface area (Å²) < 4.78 is 5.22. The van der Waals surface area contributed by atoms with Gasteiger partial charge >= 0.3 is 0 Å². The van der Waals surface area contributed by atoms with Crippen LogP contribution in [0, 0.1) is 0 Å². The number of ether oxygens (including phenoxy) is 1. The second-order valence-corrected chi connectivity index (χ2v) is 4.04. The van der Waals surface area contributed by atoms with Crippen LogP contribution >= 0.6 is 0 Å². The summed E-state index contributed by atoms with van der Waals surface area (Å²) in [7, 11) is 0. The van der Waals surface area contributed by atoms with Crippen LogP contribution in [0.25, 0.3) is 0 Å². The van der Waals surface area contributed by atoms with E-state index in [0.717, 1.165) is 37.1 Å². The first kappa shape index (κ1) is 11.1. The van der Waals surface area contributed by atoms with Gasteiger partial charge < -0.3 is 9.84 Å². The van der Waals surface area contributed by atoms with Crippen molar-refractivity contribution in [2.24, 2.45) is 0 Å². The van der Waals surface area contributed by atoms with Crippen molar-refractivity contribution >= 4 is 0 Å². The highest BCUT2D eigenvalue weighted by molar-refractivity contribution is 5.09. The molecule has 1 aromatic heterocycles. The Bertz CT molecular complexity index is 348. The Morgan fingerprint density at radius 1 is 1.44 bits per heavy atom. The lowest BCUT2D eigenvalue weighted by molar-refractivity contribution is 0.162. The summed E-state index contributed by atoms with van der Waals surface area (Å²) in [6.07, 6.45) is 6.58. The Balaban J connectivity index is 1.83. The molecule has 0 saturated carbocycles. The van der Waals surface area contributed by atoms with Gasteiger partial charge in [-0.3, -0.25) is 4.98 Å². The van der Waals surface area contributed by atoms with Gasteiger partial charge in [0.1, 0.15) is 0 Å². The molecule has 1 unspecified atom stereocenters. The van der Waals surface area contributed by atoms with Gasteiger partial charge in [-0.2, -0.15) is 0 Å². The second-order valence-electron chi connectivity index (χ2n) is 4.04. The zero-order valence-corrected chi connectivity index (χ0v) is 9.30.